The topological polar surface area (TPSA) is 58.2 Å². The summed E-state index contributed by atoms with van der Waals surface area (Å²) < 4.78 is 0. The largest absolute Gasteiger partial charge is 0.355 e. The van der Waals surface area contributed by atoms with Crippen LogP contribution in [0.1, 0.15) is 42.5 Å². The molecule has 1 saturated heterocycles. The third-order valence-corrected chi connectivity index (χ3v) is 6.57. The Labute approximate surface area is 139 Å². The lowest BCUT2D eigenvalue weighted by atomic mass is 10.1. The second-order valence-electron chi connectivity index (χ2n) is 5.28. The summed E-state index contributed by atoms with van der Waals surface area (Å²) in [6.45, 7) is 0. The predicted molar refractivity (Wildman–Crippen MR) is 95.4 cm³/mol. The minimum absolute atomic E-state index is 0.0427. The Morgan fingerprint density at radius 1 is 1.23 bits per heavy atom. The highest BCUT2D eigenvalue weighted by Crippen LogP contribution is 2.39. The van der Waals surface area contributed by atoms with Crippen LogP contribution in [0.4, 0.5) is 5.69 Å². The molecule has 4 nitrogen and oxygen atoms in total. The summed E-state index contributed by atoms with van der Waals surface area (Å²) in [6, 6.07) is 6.94. The van der Waals surface area contributed by atoms with Gasteiger partial charge in [0.15, 0.2) is 0 Å². The number of hydrogen-bond acceptors (Lipinski definition) is 4. The number of anilines is 1. The van der Waals surface area contributed by atoms with Gasteiger partial charge >= 0.3 is 0 Å². The minimum atomic E-state index is -0.124. The molecule has 1 fully saturated rings. The highest BCUT2D eigenvalue weighted by atomic mass is 33.1. The van der Waals surface area contributed by atoms with Gasteiger partial charge in [-0.3, -0.25) is 9.59 Å². The molecule has 0 aliphatic carbocycles. The second kappa shape index (κ2) is 9.10. The van der Waals surface area contributed by atoms with E-state index < -0.39 is 0 Å². The average Bonchev–Trinajstić information content (AvgIpc) is 3.05. The van der Waals surface area contributed by atoms with E-state index >= 15 is 0 Å². The van der Waals surface area contributed by atoms with Crippen LogP contribution in [0.2, 0.25) is 0 Å². The summed E-state index contributed by atoms with van der Waals surface area (Å²) >= 11 is 0. The summed E-state index contributed by atoms with van der Waals surface area (Å²) in [7, 11) is 5.55. The van der Waals surface area contributed by atoms with Gasteiger partial charge in [-0.15, -0.1) is 0 Å². The molecule has 0 unspecified atom stereocenters. The smallest absolute Gasteiger partial charge is 0.251 e. The van der Waals surface area contributed by atoms with Crippen molar-refractivity contribution in [3.05, 3.63) is 29.8 Å². The molecule has 22 heavy (non-hydrogen) atoms. The molecule has 0 spiro atoms. The van der Waals surface area contributed by atoms with Crippen LogP contribution in [0.15, 0.2) is 24.3 Å². The second-order valence-corrected chi connectivity index (χ2v) is 8.07. The Bertz CT molecular complexity index is 499. The molecule has 1 aromatic rings. The number of rotatable bonds is 7. The van der Waals surface area contributed by atoms with Crippen molar-refractivity contribution in [2.75, 3.05) is 18.1 Å². The molecule has 0 bridgehead atoms. The molecule has 120 valence electrons. The zero-order chi connectivity index (χ0) is 15.8. The SMILES string of the molecule is CNC(=O)c1ccc(NC(=O)CCCC[C@@H]2CCSS2)cc1. The van der Waals surface area contributed by atoms with Crippen molar-refractivity contribution in [3.63, 3.8) is 0 Å². The van der Waals surface area contributed by atoms with Gasteiger partial charge in [-0.1, -0.05) is 28.0 Å². The Morgan fingerprint density at radius 3 is 2.64 bits per heavy atom. The fraction of sp³-hybridized carbons (Fsp3) is 0.500. The fourth-order valence-corrected chi connectivity index (χ4v) is 5.32. The van der Waals surface area contributed by atoms with Crippen LogP contribution in [0.5, 0.6) is 0 Å². The number of nitrogens with one attached hydrogen (secondary N) is 2. The van der Waals surface area contributed by atoms with Crippen molar-refractivity contribution in [2.45, 2.75) is 37.4 Å². The van der Waals surface area contributed by atoms with Gasteiger partial charge in [0.25, 0.3) is 5.91 Å². The lowest BCUT2D eigenvalue weighted by Crippen LogP contribution is -2.17. The third-order valence-electron chi connectivity index (χ3n) is 3.57. The highest BCUT2D eigenvalue weighted by molar-refractivity contribution is 8.77. The van der Waals surface area contributed by atoms with E-state index in [4.69, 9.17) is 0 Å². The van der Waals surface area contributed by atoms with E-state index in [-0.39, 0.29) is 11.8 Å². The van der Waals surface area contributed by atoms with Crippen LogP contribution in [-0.4, -0.2) is 29.9 Å². The van der Waals surface area contributed by atoms with Gasteiger partial charge in [-0.25, -0.2) is 0 Å². The van der Waals surface area contributed by atoms with Crippen molar-refractivity contribution in [2.24, 2.45) is 0 Å². The molecule has 2 rings (SSSR count). The van der Waals surface area contributed by atoms with Crippen molar-refractivity contribution in [1.29, 1.82) is 0 Å². The van der Waals surface area contributed by atoms with Crippen LogP contribution in [-0.2, 0) is 4.79 Å². The normalized spacial score (nSPS) is 17.2. The lowest BCUT2D eigenvalue weighted by Gasteiger charge is -2.08. The third kappa shape index (κ3) is 5.57. The molecule has 1 heterocycles. The number of carbonyl (C=O) groups excluding carboxylic acids is 2. The molecular weight excluding hydrogens is 316 g/mol. The first kappa shape index (κ1) is 17.2. The number of carbonyl (C=O) groups is 2. The van der Waals surface area contributed by atoms with Gasteiger partial charge in [-0.05, 0) is 43.5 Å². The van der Waals surface area contributed by atoms with Crippen LogP contribution in [0.25, 0.3) is 0 Å². The van der Waals surface area contributed by atoms with E-state index in [2.05, 4.69) is 10.6 Å². The van der Waals surface area contributed by atoms with Gasteiger partial charge in [-0.2, -0.15) is 0 Å². The van der Waals surface area contributed by atoms with Crippen LogP contribution >= 0.6 is 21.6 Å². The maximum Gasteiger partial charge on any atom is 0.251 e. The molecule has 0 saturated carbocycles. The maximum atomic E-state index is 11.9. The molecule has 1 atom stereocenters. The standard InChI is InChI=1S/C16H22N2O2S2/c1-17-16(20)12-6-8-13(9-7-12)18-15(19)5-3-2-4-14-10-11-21-22-14/h6-9,14H,2-5,10-11H2,1H3,(H,17,20)(H,18,19)/t14-/m1/s1. The zero-order valence-electron chi connectivity index (χ0n) is 12.8. The van der Waals surface area contributed by atoms with Crippen molar-refractivity contribution in [3.8, 4) is 0 Å². The molecule has 1 aromatic carbocycles. The molecular formula is C16H22N2O2S2. The molecule has 0 radical (unpaired) electrons. The number of benzene rings is 1. The van der Waals surface area contributed by atoms with Gasteiger partial charge in [0.05, 0.1) is 0 Å². The van der Waals surface area contributed by atoms with Gasteiger partial charge < -0.3 is 10.6 Å². The van der Waals surface area contributed by atoms with E-state index in [0.717, 1.165) is 23.8 Å². The summed E-state index contributed by atoms with van der Waals surface area (Å²) in [5.41, 5.74) is 1.33. The molecule has 2 amide bonds. The first-order valence-corrected chi connectivity index (χ1v) is 9.97. The average molecular weight is 338 g/mol. The van der Waals surface area contributed by atoms with E-state index in [9.17, 15) is 9.59 Å². The molecule has 6 heteroatoms. The summed E-state index contributed by atoms with van der Waals surface area (Å²) in [4.78, 5) is 23.3. The lowest BCUT2D eigenvalue weighted by molar-refractivity contribution is -0.116. The summed E-state index contributed by atoms with van der Waals surface area (Å²) in [6.07, 6.45) is 5.12. The Kier molecular flexibility index (Phi) is 7.12. The van der Waals surface area contributed by atoms with Crippen molar-refractivity contribution in [1.82, 2.24) is 5.32 Å². The fourth-order valence-electron chi connectivity index (χ4n) is 2.29. The Balaban J connectivity index is 1.66. The van der Waals surface area contributed by atoms with E-state index in [1.165, 1.54) is 18.6 Å². The van der Waals surface area contributed by atoms with E-state index in [0.29, 0.717) is 12.0 Å². The Hall–Kier alpha value is -1.14. The molecule has 0 aromatic heterocycles. The Morgan fingerprint density at radius 2 is 2.00 bits per heavy atom. The van der Waals surface area contributed by atoms with Crippen molar-refractivity contribution >= 4 is 39.1 Å². The van der Waals surface area contributed by atoms with Crippen molar-refractivity contribution < 1.29 is 9.59 Å². The summed E-state index contributed by atoms with van der Waals surface area (Å²) in [5, 5.41) is 6.23. The zero-order valence-corrected chi connectivity index (χ0v) is 14.4. The van der Waals surface area contributed by atoms with Gasteiger partial charge in [0.2, 0.25) is 5.91 Å². The molecule has 1 aliphatic heterocycles. The highest BCUT2D eigenvalue weighted by Gasteiger charge is 2.15. The predicted octanol–water partition coefficient (Wildman–Crippen LogP) is 3.70. The van der Waals surface area contributed by atoms with Gasteiger partial charge in [0, 0.05) is 35.7 Å². The number of unbranched alkanes of at least 4 members (excludes halogenated alkanes) is 1. The number of amides is 2. The molecule has 1 aliphatic rings. The van der Waals surface area contributed by atoms with Crippen LogP contribution < -0.4 is 10.6 Å². The van der Waals surface area contributed by atoms with E-state index in [1.54, 1.807) is 31.3 Å². The maximum absolute atomic E-state index is 11.9. The number of hydrogen-bond donors (Lipinski definition) is 2. The van der Waals surface area contributed by atoms with Crippen LogP contribution in [0, 0.1) is 0 Å². The monoisotopic (exact) mass is 338 g/mol. The quantitative estimate of drug-likeness (QED) is 0.588. The first-order valence-electron chi connectivity index (χ1n) is 7.59. The molecule has 2 N–H and O–H groups in total. The summed E-state index contributed by atoms with van der Waals surface area (Å²) in [5.74, 6) is 1.18. The van der Waals surface area contributed by atoms with Gasteiger partial charge in [0.1, 0.15) is 0 Å². The van der Waals surface area contributed by atoms with Crippen LogP contribution in [0.3, 0.4) is 0 Å². The van der Waals surface area contributed by atoms with E-state index in [1.807, 2.05) is 21.6 Å². The first-order chi connectivity index (χ1) is 10.7. The minimum Gasteiger partial charge on any atom is -0.355 e.